The number of aromatic nitrogens is 4. The van der Waals surface area contributed by atoms with Gasteiger partial charge in [0.05, 0.1) is 27.8 Å². The Labute approximate surface area is 296 Å². The Kier molecular flexibility index (Phi) is 6.09. The molecule has 0 bridgehead atoms. The maximum absolute atomic E-state index is 5.12. The number of pyridine rings is 2. The topological polar surface area (TPSA) is 35.6 Å². The first-order valence-corrected chi connectivity index (χ1v) is 18.9. The molecule has 4 aromatic heterocycles. The van der Waals surface area contributed by atoms with E-state index in [0.717, 1.165) is 16.8 Å². The molecular weight excluding hydrogens is 637 g/mol. The molecule has 0 N–H and O–H groups in total. The molecule has 0 amide bonds. The van der Waals surface area contributed by atoms with Crippen molar-refractivity contribution >= 4 is 63.6 Å². The fourth-order valence-electron chi connectivity index (χ4n) is 8.24. The molecule has 4 nitrogen and oxygen atoms in total. The molecule has 0 unspecified atom stereocenters. The molecule has 5 heterocycles. The normalized spacial score (nSPS) is 12.7. The van der Waals surface area contributed by atoms with Crippen molar-refractivity contribution in [3.63, 3.8) is 0 Å². The van der Waals surface area contributed by atoms with Crippen LogP contribution in [0.4, 0.5) is 0 Å². The number of fused-ring (bicyclic) bond motifs is 9. The quantitative estimate of drug-likeness (QED) is 0.176. The number of hydrogen-bond donors (Lipinski definition) is 0. The molecule has 6 aromatic carbocycles. The van der Waals surface area contributed by atoms with Gasteiger partial charge in [-0.15, -0.1) is 0 Å². The van der Waals surface area contributed by atoms with Crippen molar-refractivity contribution in [1.29, 1.82) is 0 Å². The molecule has 10 aromatic rings. The van der Waals surface area contributed by atoms with E-state index >= 15 is 0 Å². The first kappa shape index (κ1) is 28.3. The van der Waals surface area contributed by atoms with E-state index in [4.69, 9.17) is 9.97 Å². The Morgan fingerprint density at radius 3 is 1.47 bits per heavy atom. The molecule has 51 heavy (non-hydrogen) atoms. The monoisotopic (exact) mass is 666 g/mol. The highest BCUT2D eigenvalue weighted by Gasteiger charge is 2.24. The molecule has 0 aliphatic carbocycles. The third kappa shape index (κ3) is 4.32. The van der Waals surface area contributed by atoms with E-state index in [9.17, 15) is 0 Å². The Morgan fingerprint density at radius 2 is 0.882 bits per heavy atom. The van der Waals surface area contributed by atoms with E-state index in [1.165, 1.54) is 82.2 Å². The van der Waals surface area contributed by atoms with Gasteiger partial charge in [0.15, 0.2) is 0 Å². The summed E-state index contributed by atoms with van der Waals surface area (Å²) in [6.07, 6.45) is 4.11. The van der Waals surface area contributed by atoms with Crippen LogP contribution < -0.4 is 10.5 Å². The molecule has 0 spiro atoms. The van der Waals surface area contributed by atoms with Crippen molar-refractivity contribution in [3.05, 3.63) is 170 Å². The zero-order chi connectivity index (χ0) is 33.5. The smallest absolute Gasteiger partial charge is 0.115 e. The average molecular weight is 667 g/mol. The summed E-state index contributed by atoms with van der Waals surface area (Å²) >= 11 is 0. The zero-order valence-corrected chi connectivity index (χ0v) is 29.1. The molecule has 0 saturated carbocycles. The summed E-state index contributed by atoms with van der Waals surface area (Å²) in [6, 6.07) is 57.0. The van der Waals surface area contributed by atoms with Crippen LogP contribution in [-0.2, 0) is 0 Å². The number of para-hydroxylation sites is 4. The first-order valence-electron chi connectivity index (χ1n) is 17.4. The van der Waals surface area contributed by atoms with Crippen LogP contribution in [-0.4, -0.2) is 28.6 Å². The highest BCUT2D eigenvalue weighted by molar-refractivity contribution is 6.72. The Hall–Kier alpha value is -6.56. The summed E-state index contributed by atoms with van der Waals surface area (Å²) in [6.45, 7) is 0. The molecule has 0 fully saturated rings. The van der Waals surface area contributed by atoms with E-state index in [1.54, 1.807) is 0 Å². The van der Waals surface area contributed by atoms with Crippen LogP contribution in [0, 0.1) is 0 Å². The Morgan fingerprint density at radius 1 is 0.392 bits per heavy atom. The van der Waals surface area contributed by atoms with Crippen LogP contribution in [0.2, 0.25) is 0 Å². The second kappa shape index (κ2) is 11.0. The number of benzene rings is 6. The number of rotatable bonds is 4. The van der Waals surface area contributed by atoms with E-state index < -0.39 is 9.52 Å². The maximum Gasteiger partial charge on any atom is 0.115 e. The predicted octanol–water partition coefficient (Wildman–Crippen LogP) is 9.10. The van der Waals surface area contributed by atoms with Gasteiger partial charge in [-0.2, -0.15) is 0 Å². The van der Waals surface area contributed by atoms with Crippen LogP contribution in [0.5, 0.6) is 0 Å². The van der Waals surface area contributed by atoms with Gasteiger partial charge in [-0.1, -0.05) is 91.0 Å². The second-order valence-corrected chi connectivity index (χ2v) is 15.3. The molecule has 11 rings (SSSR count). The van der Waals surface area contributed by atoms with E-state index in [-0.39, 0.29) is 0 Å². The second-order valence-electron chi connectivity index (χ2n) is 13.5. The van der Waals surface area contributed by atoms with Crippen molar-refractivity contribution in [3.8, 4) is 44.9 Å². The highest BCUT2D eigenvalue weighted by Crippen LogP contribution is 2.37. The summed E-state index contributed by atoms with van der Waals surface area (Å²) in [4.78, 5) is 10.2. The number of nitrogens with zero attached hydrogens (tertiary/aromatic N) is 4. The van der Waals surface area contributed by atoms with Crippen LogP contribution in [0.1, 0.15) is 0 Å². The van der Waals surface area contributed by atoms with E-state index in [1.807, 2.05) is 0 Å². The summed E-state index contributed by atoms with van der Waals surface area (Å²) in [5.41, 5.74) is 14.1. The minimum absolute atomic E-state index is 0.757. The minimum atomic E-state index is -0.757. The van der Waals surface area contributed by atoms with Crippen LogP contribution in [0.25, 0.3) is 88.5 Å². The molecule has 0 radical (unpaired) electrons. The largest absolute Gasteiger partial charge is 0.309 e. The summed E-state index contributed by atoms with van der Waals surface area (Å²) < 4.78 is 4.72. The van der Waals surface area contributed by atoms with Gasteiger partial charge < -0.3 is 9.13 Å². The van der Waals surface area contributed by atoms with Gasteiger partial charge in [-0.05, 0) is 88.6 Å². The van der Waals surface area contributed by atoms with E-state index in [2.05, 4.69) is 179 Å². The van der Waals surface area contributed by atoms with Gasteiger partial charge in [-0.25, -0.2) is 0 Å². The lowest BCUT2D eigenvalue weighted by atomic mass is 10.0. The van der Waals surface area contributed by atoms with Crippen LogP contribution in [0.15, 0.2) is 170 Å². The summed E-state index contributed by atoms with van der Waals surface area (Å²) in [7, 11) is -0.757. The number of hydrogen-bond acceptors (Lipinski definition) is 2. The Bertz CT molecular complexity index is 2990. The van der Waals surface area contributed by atoms with Crippen molar-refractivity contribution in [2.75, 3.05) is 0 Å². The first-order chi connectivity index (χ1) is 25.3. The third-order valence-corrected chi connectivity index (χ3v) is 12.4. The molecule has 5 heteroatoms. The summed E-state index contributed by atoms with van der Waals surface area (Å²) in [5, 5.41) is 7.59. The fourth-order valence-corrected chi connectivity index (χ4v) is 10.0. The van der Waals surface area contributed by atoms with Gasteiger partial charge in [0.25, 0.3) is 0 Å². The average Bonchev–Trinajstić information content (AvgIpc) is 3.85. The Balaban J connectivity index is 0.979. The van der Waals surface area contributed by atoms with Crippen LogP contribution >= 0.6 is 0 Å². The van der Waals surface area contributed by atoms with Crippen molar-refractivity contribution in [2.45, 2.75) is 0 Å². The van der Waals surface area contributed by atoms with Gasteiger partial charge >= 0.3 is 0 Å². The molecular formula is C46H30N4Si. The van der Waals surface area contributed by atoms with Gasteiger partial charge in [0, 0.05) is 61.8 Å². The zero-order valence-electron chi connectivity index (χ0n) is 27.7. The summed E-state index contributed by atoms with van der Waals surface area (Å²) in [5.74, 6) is 0. The fraction of sp³-hybridized carbons (Fsp3) is 0. The molecule has 238 valence electrons. The molecule has 1 aliphatic rings. The van der Waals surface area contributed by atoms with Gasteiger partial charge in [-0.3, -0.25) is 9.97 Å². The minimum Gasteiger partial charge on any atom is -0.309 e. The third-order valence-electron chi connectivity index (χ3n) is 10.6. The maximum atomic E-state index is 5.12. The standard InChI is InChI=1S/C46H30N4Si/c1-3-11-33(12-4-1)49-40-17-9-7-15-35(40)37-23-29(19-21-42(37)49)31-25-39-45-44(51-46(39)48-28-31)26-32(27-47-45)30-20-22-43-38(24-30)36-16-8-10-18-41(36)50(43)34-13-5-2-6-14-34/h1-28H,51H2. The van der Waals surface area contributed by atoms with Crippen molar-refractivity contribution < 1.29 is 0 Å². The van der Waals surface area contributed by atoms with Crippen LogP contribution in [0.3, 0.4) is 0 Å². The molecule has 0 atom stereocenters. The lowest BCUT2D eigenvalue weighted by Gasteiger charge is -2.09. The highest BCUT2D eigenvalue weighted by atomic mass is 28.2. The van der Waals surface area contributed by atoms with Crippen molar-refractivity contribution in [2.24, 2.45) is 0 Å². The van der Waals surface area contributed by atoms with Crippen molar-refractivity contribution in [1.82, 2.24) is 19.1 Å². The lowest BCUT2D eigenvalue weighted by Crippen LogP contribution is -2.23. The SMILES string of the molecule is c1ccc(-n2c3ccccc3c3cc(-c4cnc5c(c4)[SiH2]c4ncc(-c6ccc7c(c6)c6ccccc6n7-c6ccccc6)cc4-5)ccc32)cc1. The van der Waals surface area contributed by atoms with E-state index in [0.29, 0.717) is 0 Å². The lowest BCUT2D eigenvalue weighted by molar-refractivity contribution is 1.18. The molecule has 0 saturated heterocycles. The predicted molar refractivity (Wildman–Crippen MR) is 215 cm³/mol. The molecule has 1 aliphatic heterocycles. The van der Waals surface area contributed by atoms with Gasteiger partial charge in [0.1, 0.15) is 9.52 Å². The van der Waals surface area contributed by atoms with Gasteiger partial charge in [0.2, 0.25) is 0 Å².